The topological polar surface area (TPSA) is 0 Å². The van der Waals surface area contributed by atoms with E-state index in [1.54, 1.807) is 5.56 Å². The minimum Gasteiger partial charge on any atom is -1.00 e. The summed E-state index contributed by atoms with van der Waals surface area (Å²) in [7, 11) is 0. The molecule has 0 unspecified atom stereocenters. The van der Waals surface area contributed by atoms with Crippen molar-refractivity contribution < 1.29 is 51.0 Å². The molecular formula is C15H23Cl2Zr. The van der Waals surface area contributed by atoms with Crippen molar-refractivity contribution in [1.29, 1.82) is 0 Å². The Morgan fingerprint density at radius 1 is 1.06 bits per heavy atom. The molecule has 0 atom stereocenters. The van der Waals surface area contributed by atoms with Gasteiger partial charge in [-0.1, -0.05) is 58.8 Å². The minimum atomic E-state index is 0. The smallest absolute Gasteiger partial charge is 1.00 e. The largest absolute Gasteiger partial charge is 3.00 e. The van der Waals surface area contributed by atoms with Gasteiger partial charge in [0, 0.05) is 0 Å². The summed E-state index contributed by atoms with van der Waals surface area (Å²) in [5, 5.41) is 0. The van der Waals surface area contributed by atoms with Crippen molar-refractivity contribution in [1.82, 2.24) is 0 Å². The third-order valence-corrected chi connectivity index (χ3v) is 3.72. The van der Waals surface area contributed by atoms with Crippen molar-refractivity contribution >= 4 is 0 Å². The third kappa shape index (κ3) is 5.43. The van der Waals surface area contributed by atoms with E-state index in [-0.39, 0.29) is 51.0 Å². The first-order valence-electron chi connectivity index (χ1n) is 6.34. The van der Waals surface area contributed by atoms with Gasteiger partial charge < -0.3 is 24.8 Å². The number of rotatable bonds is 1. The van der Waals surface area contributed by atoms with E-state index in [9.17, 15) is 0 Å². The maximum atomic E-state index is 2.44. The molecule has 1 radical (unpaired) electrons. The molecule has 1 aliphatic rings. The summed E-state index contributed by atoms with van der Waals surface area (Å²) < 4.78 is 0. The second-order valence-corrected chi connectivity index (χ2v) is 6.02. The second kappa shape index (κ2) is 8.88. The van der Waals surface area contributed by atoms with Crippen molar-refractivity contribution in [2.75, 3.05) is 0 Å². The SMILES string of the molecule is CC(C)(C)c1cc(C2CCCCC2)c[cH-]1.[Cl-].[Cl-].[Zr+3]. The van der Waals surface area contributed by atoms with Gasteiger partial charge in [0.05, 0.1) is 0 Å². The molecule has 1 aliphatic carbocycles. The van der Waals surface area contributed by atoms with E-state index in [0.717, 1.165) is 5.92 Å². The zero-order valence-electron chi connectivity index (χ0n) is 11.6. The summed E-state index contributed by atoms with van der Waals surface area (Å²) in [6, 6.07) is 7.12. The fraction of sp³-hybridized carbons (Fsp3) is 0.667. The van der Waals surface area contributed by atoms with Crippen LogP contribution in [0.3, 0.4) is 0 Å². The monoisotopic (exact) mass is 363 g/mol. The van der Waals surface area contributed by atoms with Crippen LogP contribution in [-0.4, -0.2) is 0 Å². The van der Waals surface area contributed by atoms with E-state index in [1.807, 2.05) is 0 Å². The Hall–Kier alpha value is 0.813. The van der Waals surface area contributed by atoms with Crippen LogP contribution in [0.1, 0.15) is 69.9 Å². The van der Waals surface area contributed by atoms with E-state index >= 15 is 0 Å². The van der Waals surface area contributed by atoms with Crippen LogP contribution in [0.15, 0.2) is 18.2 Å². The Morgan fingerprint density at radius 2 is 1.61 bits per heavy atom. The van der Waals surface area contributed by atoms with Crippen LogP contribution in [0.2, 0.25) is 0 Å². The van der Waals surface area contributed by atoms with E-state index in [4.69, 9.17) is 0 Å². The molecule has 18 heavy (non-hydrogen) atoms. The van der Waals surface area contributed by atoms with Gasteiger partial charge in [0.2, 0.25) is 0 Å². The van der Waals surface area contributed by atoms with Gasteiger partial charge in [0.1, 0.15) is 0 Å². The molecular weight excluding hydrogens is 342 g/mol. The van der Waals surface area contributed by atoms with Gasteiger partial charge in [-0.2, -0.15) is 23.3 Å². The minimum absolute atomic E-state index is 0. The van der Waals surface area contributed by atoms with Gasteiger partial charge in [-0.3, -0.25) is 0 Å². The summed E-state index contributed by atoms with van der Waals surface area (Å²) >= 11 is 0. The molecule has 0 aliphatic heterocycles. The van der Waals surface area contributed by atoms with Gasteiger partial charge in [0.25, 0.3) is 0 Å². The fourth-order valence-corrected chi connectivity index (χ4v) is 2.62. The maximum Gasteiger partial charge on any atom is 3.00 e. The van der Waals surface area contributed by atoms with Gasteiger partial charge in [-0.05, 0) is 5.41 Å². The third-order valence-electron chi connectivity index (χ3n) is 3.72. The van der Waals surface area contributed by atoms with Gasteiger partial charge in [0.15, 0.2) is 0 Å². The summed E-state index contributed by atoms with van der Waals surface area (Å²) in [6.07, 6.45) is 7.13. The summed E-state index contributed by atoms with van der Waals surface area (Å²) in [6.45, 7) is 6.90. The zero-order valence-corrected chi connectivity index (χ0v) is 15.6. The Morgan fingerprint density at radius 3 is 2.06 bits per heavy atom. The molecule has 0 saturated heterocycles. The van der Waals surface area contributed by atoms with Gasteiger partial charge in [-0.15, -0.1) is 0 Å². The van der Waals surface area contributed by atoms with Crippen LogP contribution in [0.25, 0.3) is 0 Å². The molecule has 0 N–H and O–H groups in total. The van der Waals surface area contributed by atoms with Crippen molar-refractivity contribution in [3.63, 3.8) is 0 Å². The summed E-state index contributed by atoms with van der Waals surface area (Å²) in [4.78, 5) is 0. The summed E-state index contributed by atoms with van der Waals surface area (Å²) in [5.74, 6) is 0.856. The van der Waals surface area contributed by atoms with E-state index < -0.39 is 0 Å². The molecule has 2 rings (SSSR count). The van der Waals surface area contributed by atoms with Crippen molar-refractivity contribution in [2.24, 2.45) is 0 Å². The standard InChI is InChI=1S/C15H23.2ClH.Zr/c1-15(2,3)14-10-9-13(11-14)12-7-5-4-6-8-12;;;/h9-12H,4-8H2,1-3H3;2*1H;/q-1;;;+3/p-2. The first-order valence-corrected chi connectivity index (χ1v) is 6.34. The zero-order chi connectivity index (χ0) is 10.9. The molecule has 1 aromatic carbocycles. The molecule has 0 aromatic heterocycles. The predicted molar refractivity (Wildman–Crippen MR) is 66.6 cm³/mol. The Labute approximate surface area is 144 Å². The Kier molecular flexibility index (Phi) is 10.4. The van der Waals surface area contributed by atoms with Gasteiger partial charge in [-0.25, -0.2) is 6.07 Å². The average molecular weight is 365 g/mol. The van der Waals surface area contributed by atoms with Crippen molar-refractivity contribution in [3.8, 4) is 0 Å². The first kappa shape index (κ1) is 21.1. The van der Waals surface area contributed by atoms with Crippen LogP contribution >= 0.6 is 0 Å². The van der Waals surface area contributed by atoms with Crippen LogP contribution in [0, 0.1) is 0 Å². The molecule has 0 heterocycles. The number of hydrogen-bond donors (Lipinski definition) is 0. The number of halogens is 2. The van der Waals surface area contributed by atoms with Gasteiger partial charge >= 0.3 is 26.2 Å². The Bertz CT molecular complexity index is 319. The summed E-state index contributed by atoms with van der Waals surface area (Å²) in [5.41, 5.74) is 3.41. The second-order valence-electron chi connectivity index (χ2n) is 6.02. The number of hydrogen-bond acceptors (Lipinski definition) is 0. The van der Waals surface area contributed by atoms with Crippen LogP contribution in [0.5, 0.6) is 0 Å². The average Bonchev–Trinajstić information content (AvgIpc) is 2.67. The first-order chi connectivity index (χ1) is 7.07. The molecule has 101 valence electrons. The van der Waals surface area contributed by atoms with Crippen LogP contribution < -0.4 is 24.8 Å². The fourth-order valence-electron chi connectivity index (χ4n) is 2.62. The van der Waals surface area contributed by atoms with Crippen LogP contribution in [0.4, 0.5) is 0 Å². The normalized spacial score (nSPS) is 16.2. The predicted octanol–water partition coefficient (Wildman–Crippen LogP) is -1.24. The molecule has 1 saturated carbocycles. The van der Waals surface area contributed by atoms with E-state index in [2.05, 4.69) is 39.0 Å². The molecule has 0 nitrogen and oxygen atoms in total. The molecule has 3 heteroatoms. The Balaban J connectivity index is 0. The van der Waals surface area contributed by atoms with Crippen molar-refractivity contribution in [2.45, 2.75) is 64.2 Å². The van der Waals surface area contributed by atoms with Crippen LogP contribution in [-0.2, 0) is 31.6 Å². The van der Waals surface area contributed by atoms with E-state index in [1.165, 1.54) is 37.7 Å². The molecule has 1 aromatic rings. The van der Waals surface area contributed by atoms with Crippen molar-refractivity contribution in [3.05, 3.63) is 29.3 Å². The molecule has 0 bridgehead atoms. The van der Waals surface area contributed by atoms with E-state index in [0.29, 0.717) is 5.41 Å². The molecule has 0 amide bonds. The quantitative estimate of drug-likeness (QED) is 0.546. The molecule has 0 spiro atoms. The maximum absolute atomic E-state index is 2.44. The molecule has 1 fully saturated rings.